The zero-order valence-electron chi connectivity index (χ0n) is 21.7. The largest absolute Gasteiger partial charge is 0.435 e. The average molecular weight is 513 g/mol. The quantitative estimate of drug-likeness (QED) is 0.220. The first-order valence-electron chi connectivity index (χ1n) is 13.5. The fourth-order valence-corrected chi connectivity index (χ4v) is 5.86. The second kappa shape index (κ2) is 9.11. The van der Waals surface area contributed by atoms with Gasteiger partial charge in [-0.2, -0.15) is 0 Å². The molecule has 0 unspecified atom stereocenters. The van der Waals surface area contributed by atoms with Gasteiger partial charge in [0.2, 0.25) is 5.71 Å². The molecule has 0 amide bonds. The topological polar surface area (TPSA) is 29.3 Å². The Morgan fingerprint density at radius 2 is 1.15 bits per heavy atom. The van der Waals surface area contributed by atoms with Gasteiger partial charge in [0.05, 0.1) is 11.4 Å². The summed E-state index contributed by atoms with van der Waals surface area (Å²) in [5.74, 6) is 0. The highest BCUT2D eigenvalue weighted by Gasteiger charge is 2.22. The van der Waals surface area contributed by atoms with E-state index in [0.29, 0.717) is 5.71 Å². The van der Waals surface area contributed by atoms with Crippen molar-refractivity contribution in [3.05, 3.63) is 146 Å². The third kappa shape index (κ3) is 3.56. The van der Waals surface area contributed by atoms with E-state index >= 15 is 0 Å². The molecule has 0 atom stereocenters. The number of rotatable bonds is 4. The number of hydrogen-bond acceptors (Lipinski definition) is 3. The molecule has 0 aliphatic heterocycles. The fraction of sp³-hybridized carbons (Fsp3) is 0. The van der Waals surface area contributed by atoms with E-state index in [1.807, 2.05) is 12.1 Å². The van der Waals surface area contributed by atoms with Crippen LogP contribution in [0.5, 0.6) is 0 Å². The second-order valence-corrected chi connectivity index (χ2v) is 10.0. The number of hydrogen-bond donors (Lipinski definition) is 0. The van der Waals surface area contributed by atoms with Crippen molar-refractivity contribution >= 4 is 60.7 Å². The molecule has 0 saturated heterocycles. The highest BCUT2D eigenvalue weighted by Crippen LogP contribution is 2.45. The molecule has 0 fully saturated rings. The second-order valence-electron chi connectivity index (χ2n) is 10.0. The van der Waals surface area contributed by atoms with Crippen molar-refractivity contribution in [3.8, 4) is 11.1 Å². The van der Waals surface area contributed by atoms with Crippen LogP contribution in [0.4, 0.5) is 17.1 Å². The smallest absolute Gasteiger partial charge is 0.227 e. The number of para-hydroxylation sites is 1. The van der Waals surface area contributed by atoms with Crippen LogP contribution in [0, 0.1) is 0 Å². The van der Waals surface area contributed by atoms with Crippen LogP contribution in [0.1, 0.15) is 0 Å². The molecule has 0 N–H and O–H groups in total. The van der Waals surface area contributed by atoms with E-state index in [2.05, 4.69) is 137 Å². The molecule has 0 saturated carbocycles. The van der Waals surface area contributed by atoms with E-state index in [-0.39, 0.29) is 0 Å². The molecule has 188 valence electrons. The number of anilines is 3. The van der Waals surface area contributed by atoms with Crippen molar-refractivity contribution in [3.63, 3.8) is 0 Å². The van der Waals surface area contributed by atoms with Crippen molar-refractivity contribution in [2.45, 2.75) is 0 Å². The highest BCUT2D eigenvalue weighted by atomic mass is 16.3. The van der Waals surface area contributed by atoms with Crippen molar-refractivity contribution in [1.29, 1.82) is 0 Å². The lowest BCUT2D eigenvalue weighted by Gasteiger charge is -2.27. The van der Waals surface area contributed by atoms with E-state index in [9.17, 15) is 0 Å². The predicted molar refractivity (Wildman–Crippen MR) is 167 cm³/mol. The van der Waals surface area contributed by atoms with Gasteiger partial charge < -0.3 is 9.32 Å². The van der Waals surface area contributed by atoms with Gasteiger partial charge in [0.15, 0.2) is 5.58 Å². The maximum Gasteiger partial charge on any atom is 0.227 e. The summed E-state index contributed by atoms with van der Waals surface area (Å²) in [4.78, 5) is 6.84. The standard InChI is InChI=1S/C37H24N2O/c1-2-10-25(11-3-1)26-19-21-28(22-20-26)39(34-18-8-16-32-33-17-9-23-38-37(33)40-36(32)34)35-24-27-12-4-5-13-29(27)30-14-6-7-15-31(30)35/h1-24H. The summed E-state index contributed by atoms with van der Waals surface area (Å²) >= 11 is 0. The van der Waals surface area contributed by atoms with E-state index < -0.39 is 0 Å². The Morgan fingerprint density at radius 3 is 2.00 bits per heavy atom. The normalized spacial score (nSPS) is 11.5. The van der Waals surface area contributed by atoms with Crippen molar-refractivity contribution < 1.29 is 4.42 Å². The summed E-state index contributed by atoms with van der Waals surface area (Å²) in [5, 5.41) is 6.91. The molecule has 2 aromatic heterocycles. The summed E-state index contributed by atoms with van der Waals surface area (Å²) in [6, 6.07) is 49.2. The van der Waals surface area contributed by atoms with Gasteiger partial charge in [-0.1, -0.05) is 103 Å². The lowest BCUT2D eigenvalue weighted by atomic mass is 9.98. The minimum Gasteiger partial charge on any atom is -0.435 e. The third-order valence-corrected chi connectivity index (χ3v) is 7.71. The Balaban J connectivity index is 1.43. The highest BCUT2D eigenvalue weighted by molar-refractivity contribution is 6.16. The van der Waals surface area contributed by atoms with Crippen LogP contribution in [-0.2, 0) is 0 Å². The van der Waals surface area contributed by atoms with Crippen LogP contribution < -0.4 is 4.90 Å². The van der Waals surface area contributed by atoms with Gasteiger partial charge in [-0.05, 0) is 63.7 Å². The number of nitrogens with zero attached hydrogens (tertiary/aromatic N) is 2. The Morgan fingerprint density at radius 1 is 0.475 bits per heavy atom. The van der Waals surface area contributed by atoms with E-state index in [4.69, 9.17) is 4.42 Å². The van der Waals surface area contributed by atoms with Gasteiger partial charge in [-0.15, -0.1) is 0 Å². The molecule has 0 bridgehead atoms. The molecule has 0 spiro atoms. The monoisotopic (exact) mass is 512 g/mol. The minimum atomic E-state index is 0.646. The molecule has 40 heavy (non-hydrogen) atoms. The molecule has 3 heteroatoms. The molecule has 0 radical (unpaired) electrons. The maximum absolute atomic E-state index is 6.45. The minimum absolute atomic E-state index is 0.646. The van der Waals surface area contributed by atoms with Gasteiger partial charge in [0.25, 0.3) is 0 Å². The zero-order valence-corrected chi connectivity index (χ0v) is 21.7. The molecule has 6 aromatic carbocycles. The van der Waals surface area contributed by atoms with E-state index in [1.54, 1.807) is 6.20 Å². The van der Waals surface area contributed by atoms with E-state index in [0.717, 1.165) is 33.4 Å². The molecule has 3 nitrogen and oxygen atoms in total. The van der Waals surface area contributed by atoms with Gasteiger partial charge >= 0.3 is 0 Å². The average Bonchev–Trinajstić information content (AvgIpc) is 3.42. The summed E-state index contributed by atoms with van der Waals surface area (Å²) in [5.41, 5.74) is 6.97. The number of fused-ring (bicyclic) bond motifs is 6. The van der Waals surface area contributed by atoms with Gasteiger partial charge in [-0.25, -0.2) is 4.98 Å². The Hall–Kier alpha value is -5.41. The molecular formula is C37H24N2O. The van der Waals surface area contributed by atoms with Crippen LogP contribution in [0.3, 0.4) is 0 Å². The summed E-state index contributed by atoms with van der Waals surface area (Å²) in [6.45, 7) is 0. The molecular weight excluding hydrogens is 488 g/mol. The zero-order chi connectivity index (χ0) is 26.5. The Labute approximate surface area is 231 Å². The SMILES string of the molecule is c1ccc(-c2ccc(N(c3cc4ccccc4c4ccccc34)c3cccc4c3oc3ncccc34)cc2)cc1. The Kier molecular flexibility index (Phi) is 5.14. The van der Waals surface area contributed by atoms with Gasteiger partial charge in [0.1, 0.15) is 0 Å². The first kappa shape index (κ1) is 22.6. The third-order valence-electron chi connectivity index (χ3n) is 7.71. The fourth-order valence-electron chi connectivity index (χ4n) is 5.86. The van der Waals surface area contributed by atoms with Crippen molar-refractivity contribution in [2.75, 3.05) is 4.90 Å². The maximum atomic E-state index is 6.45. The summed E-state index contributed by atoms with van der Waals surface area (Å²) < 4.78 is 6.45. The van der Waals surface area contributed by atoms with Crippen LogP contribution in [0.2, 0.25) is 0 Å². The van der Waals surface area contributed by atoms with Crippen LogP contribution in [-0.4, -0.2) is 4.98 Å². The number of benzene rings is 6. The van der Waals surface area contributed by atoms with Crippen LogP contribution in [0.25, 0.3) is 54.7 Å². The number of aromatic nitrogens is 1. The van der Waals surface area contributed by atoms with Gasteiger partial charge in [0, 0.05) is 28.0 Å². The predicted octanol–water partition coefficient (Wildman–Crippen LogP) is 10.4. The lowest BCUT2D eigenvalue weighted by molar-refractivity contribution is 0.654. The van der Waals surface area contributed by atoms with Crippen LogP contribution >= 0.6 is 0 Å². The van der Waals surface area contributed by atoms with E-state index in [1.165, 1.54) is 32.7 Å². The molecule has 8 aromatic rings. The molecule has 0 aliphatic carbocycles. The van der Waals surface area contributed by atoms with Crippen LogP contribution in [0.15, 0.2) is 150 Å². The number of furan rings is 1. The summed E-state index contributed by atoms with van der Waals surface area (Å²) in [7, 11) is 0. The lowest BCUT2D eigenvalue weighted by Crippen LogP contribution is -2.11. The summed E-state index contributed by atoms with van der Waals surface area (Å²) in [6.07, 6.45) is 1.78. The van der Waals surface area contributed by atoms with Crippen molar-refractivity contribution in [2.24, 2.45) is 0 Å². The first-order chi connectivity index (χ1) is 19.8. The molecule has 0 aliphatic rings. The van der Waals surface area contributed by atoms with Crippen molar-refractivity contribution in [1.82, 2.24) is 4.98 Å². The first-order valence-corrected chi connectivity index (χ1v) is 13.5. The molecule has 8 rings (SSSR count). The number of pyridine rings is 1. The Bertz CT molecular complexity index is 2160. The van der Waals surface area contributed by atoms with Gasteiger partial charge in [-0.3, -0.25) is 0 Å². The molecule has 2 heterocycles.